The van der Waals surface area contributed by atoms with Crippen molar-refractivity contribution in [3.63, 3.8) is 0 Å². The van der Waals surface area contributed by atoms with Gasteiger partial charge in [0.2, 0.25) is 0 Å². The Morgan fingerprint density at radius 1 is 0.607 bits per heavy atom. The number of amides is 5. The lowest BCUT2D eigenvalue weighted by atomic mass is 10.0. The molecule has 5 rings (SSSR count). The van der Waals surface area contributed by atoms with E-state index in [2.05, 4.69) is 0 Å². The van der Waals surface area contributed by atoms with Gasteiger partial charge in [-0.25, -0.2) is 27.6 Å². The molecular formula is C44H62ClF3N4O9. The van der Waals surface area contributed by atoms with Crippen LogP contribution in [-0.2, 0) is 14.2 Å². The van der Waals surface area contributed by atoms with Crippen molar-refractivity contribution < 1.29 is 56.5 Å². The van der Waals surface area contributed by atoms with Gasteiger partial charge in [-0.2, -0.15) is 0 Å². The van der Waals surface area contributed by atoms with Gasteiger partial charge in [-0.1, -0.05) is 12.1 Å². The quantitative estimate of drug-likeness (QED) is 0.178. The molecule has 0 aliphatic carbocycles. The first-order chi connectivity index (χ1) is 28.3. The first kappa shape index (κ1) is 50.8. The van der Waals surface area contributed by atoms with Crippen LogP contribution < -0.4 is 0 Å². The molecule has 1 aromatic carbocycles. The van der Waals surface area contributed by atoms with Crippen LogP contribution in [0.2, 0.25) is 0 Å². The summed E-state index contributed by atoms with van der Waals surface area (Å²) in [4.78, 5) is 65.9. The minimum absolute atomic E-state index is 0.101. The number of aliphatic hydroxyl groups is 1. The van der Waals surface area contributed by atoms with Crippen molar-refractivity contribution in [1.82, 2.24) is 19.6 Å². The van der Waals surface area contributed by atoms with E-state index in [-0.39, 0.29) is 31.3 Å². The van der Waals surface area contributed by atoms with E-state index in [0.717, 1.165) is 11.3 Å². The lowest BCUT2D eigenvalue weighted by molar-refractivity contribution is 0.0234. The smallest absolute Gasteiger partial charge is 0.410 e. The van der Waals surface area contributed by atoms with Crippen LogP contribution in [0, 0.1) is 0 Å². The monoisotopic (exact) mass is 882 g/mol. The second kappa shape index (κ2) is 22.0. The van der Waals surface area contributed by atoms with E-state index in [1.54, 1.807) is 65.8 Å². The minimum Gasteiger partial charge on any atom is -0.444 e. The van der Waals surface area contributed by atoms with Crippen LogP contribution in [0.3, 0.4) is 0 Å². The number of hydrogen-bond donors (Lipinski definition) is 1. The van der Waals surface area contributed by atoms with Gasteiger partial charge in [-0.3, -0.25) is 14.5 Å². The average molecular weight is 883 g/mol. The molecule has 0 unspecified atom stereocenters. The third kappa shape index (κ3) is 16.0. The van der Waals surface area contributed by atoms with Crippen molar-refractivity contribution in [1.29, 1.82) is 0 Å². The summed E-state index contributed by atoms with van der Waals surface area (Å²) in [6, 6.07) is 6.46. The van der Waals surface area contributed by atoms with Crippen molar-refractivity contribution in [3.8, 4) is 0 Å². The van der Waals surface area contributed by atoms with Crippen molar-refractivity contribution in [2.45, 2.75) is 118 Å². The molecular weight excluding hydrogens is 821 g/mol. The van der Waals surface area contributed by atoms with Gasteiger partial charge in [0.05, 0.1) is 30.2 Å². The van der Waals surface area contributed by atoms with Gasteiger partial charge in [0.15, 0.2) is 0 Å². The molecule has 4 aliphatic heterocycles. The lowest BCUT2D eigenvalue weighted by Crippen LogP contribution is -2.41. The summed E-state index contributed by atoms with van der Waals surface area (Å²) in [6.07, 6.45) is 2.47. The van der Waals surface area contributed by atoms with E-state index in [4.69, 9.17) is 30.9 Å². The first-order valence-electron chi connectivity index (χ1n) is 20.5. The number of likely N-dealkylation sites (tertiary alicyclic amines) is 3. The summed E-state index contributed by atoms with van der Waals surface area (Å²) < 4.78 is 57.2. The van der Waals surface area contributed by atoms with Gasteiger partial charge in [-0.15, -0.1) is 11.6 Å². The van der Waals surface area contributed by atoms with E-state index in [1.165, 1.54) is 14.7 Å². The highest BCUT2D eigenvalue weighted by molar-refractivity contribution is 6.21. The molecule has 0 atom stereocenters. The number of benzene rings is 1. The summed E-state index contributed by atoms with van der Waals surface area (Å²) in [5, 5.41) is 8.73. The van der Waals surface area contributed by atoms with Gasteiger partial charge in [-0.05, 0) is 130 Å². The van der Waals surface area contributed by atoms with Crippen molar-refractivity contribution in [3.05, 3.63) is 69.6 Å². The number of hydrogen-bond acceptors (Lipinski definition) is 9. The summed E-state index contributed by atoms with van der Waals surface area (Å²) in [5.74, 6) is -2.51. The standard InChI is InChI=1S/C20H23FN2O4.C12H19ClFNO2.C12H20FNO3/c1-20(2,3)27-19(26)22-10-6-7-13(11-22)16(21)12-23-17(24)14-8-4-5-9-15(14)18(23)25;1-12(2,3)17-11(16)15-6-4-5-9(8-15)10(14)7-13;1-12(2,3)17-11(16)14-6-4-5-9(7-14)10(13)8-15/h4-5,8-9H,6-7,10-12H2,1-3H3;4-8H2,1-3H3;15H,4-8H2,1-3H3/b16-13+;2*10-9+. The summed E-state index contributed by atoms with van der Waals surface area (Å²) in [6.45, 7) is 17.4. The fourth-order valence-corrected chi connectivity index (χ4v) is 6.76. The molecule has 1 aromatic rings. The molecule has 61 heavy (non-hydrogen) atoms. The highest BCUT2D eigenvalue weighted by Crippen LogP contribution is 2.28. The zero-order valence-electron chi connectivity index (χ0n) is 36.9. The fourth-order valence-electron chi connectivity index (χ4n) is 6.57. The molecule has 0 spiro atoms. The number of nitrogens with zero attached hydrogens (tertiary/aromatic N) is 4. The topological polar surface area (TPSA) is 146 Å². The molecule has 0 bridgehead atoms. The maximum absolute atomic E-state index is 14.8. The number of alkyl halides is 1. The second-order valence-corrected chi connectivity index (χ2v) is 18.3. The molecule has 4 heterocycles. The van der Waals surface area contributed by atoms with Crippen molar-refractivity contribution in [2.75, 3.05) is 58.3 Å². The number of carbonyl (C=O) groups excluding carboxylic acids is 5. The van der Waals surface area contributed by atoms with E-state index in [0.29, 0.717) is 79.6 Å². The Hall–Kier alpha value is -4.57. The molecule has 1 N–H and O–H groups in total. The summed E-state index contributed by atoms with van der Waals surface area (Å²) >= 11 is 5.45. The third-order valence-electron chi connectivity index (χ3n) is 9.40. The lowest BCUT2D eigenvalue weighted by Gasteiger charge is -2.31. The van der Waals surface area contributed by atoms with Crippen molar-refractivity contribution in [2.24, 2.45) is 0 Å². The van der Waals surface area contributed by atoms with Crippen LogP contribution >= 0.6 is 11.6 Å². The highest BCUT2D eigenvalue weighted by Gasteiger charge is 2.37. The van der Waals surface area contributed by atoms with Crippen LogP contribution in [-0.4, -0.2) is 130 Å². The van der Waals surface area contributed by atoms with Gasteiger partial charge in [0.25, 0.3) is 11.8 Å². The number of aliphatic hydroxyl groups excluding tert-OH is 1. The number of fused-ring (bicyclic) bond motifs is 1. The first-order valence-corrected chi connectivity index (χ1v) is 21.0. The maximum atomic E-state index is 14.8. The number of carbonyl (C=O) groups is 5. The molecule has 3 saturated heterocycles. The van der Waals surface area contributed by atoms with Gasteiger partial charge >= 0.3 is 18.3 Å². The molecule has 17 heteroatoms. The third-order valence-corrected chi connectivity index (χ3v) is 9.64. The van der Waals surface area contributed by atoms with Crippen LogP contribution in [0.15, 0.2) is 58.5 Å². The SMILES string of the molecule is CC(C)(C)OC(=O)N1CCC/C(=C(\F)CCl)C1.CC(C)(C)OC(=O)N1CCC/C(=C(\F)CN2C(=O)c3ccccc3C2=O)C1.CC(C)(C)OC(=O)N1CCC/C(=C(\F)CO)C1. The number of rotatable bonds is 4. The van der Waals surface area contributed by atoms with Gasteiger partial charge in [0, 0.05) is 39.3 Å². The highest BCUT2D eigenvalue weighted by atomic mass is 35.5. The molecule has 0 aromatic heterocycles. The Bertz CT molecular complexity index is 1770. The number of piperidine rings is 3. The zero-order chi connectivity index (χ0) is 45.9. The van der Waals surface area contributed by atoms with Gasteiger partial charge in [0.1, 0.15) is 34.3 Å². The molecule has 3 fully saturated rings. The Morgan fingerprint density at radius 3 is 1.25 bits per heavy atom. The number of halogens is 4. The second-order valence-electron chi connectivity index (χ2n) is 18.1. The Kier molecular flexibility index (Phi) is 18.3. The average Bonchev–Trinajstić information content (AvgIpc) is 3.43. The van der Waals surface area contributed by atoms with E-state index >= 15 is 0 Å². The Balaban J connectivity index is 0.000000256. The van der Waals surface area contributed by atoms with E-state index < -0.39 is 71.7 Å². The molecule has 13 nitrogen and oxygen atoms in total. The minimum atomic E-state index is -0.628. The molecule has 340 valence electrons. The molecule has 0 saturated carbocycles. The zero-order valence-corrected chi connectivity index (χ0v) is 37.7. The van der Waals surface area contributed by atoms with Gasteiger partial charge < -0.3 is 34.0 Å². The normalized spacial score (nSPS) is 19.8. The Morgan fingerprint density at radius 2 is 0.934 bits per heavy atom. The van der Waals surface area contributed by atoms with Crippen LogP contribution in [0.4, 0.5) is 27.6 Å². The van der Waals surface area contributed by atoms with Crippen LogP contribution in [0.5, 0.6) is 0 Å². The predicted molar refractivity (Wildman–Crippen MR) is 225 cm³/mol. The summed E-state index contributed by atoms with van der Waals surface area (Å²) in [7, 11) is 0. The van der Waals surface area contributed by atoms with Crippen LogP contribution in [0.25, 0.3) is 0 Å². The largest absolute Gasteiger partial charge is 0.444 e. The van der Waals surface area contributed by atoms with E-state index in [1.807, 2.05) is 20.8 Å². The number of allylic oxidation sites excluding steroid dienone is 1. The van der Waals surface area contributed by atoms with Crippen molar-refractivity contribution >= 4 is 41.7 Å². The van der Waals surface area contributed by atoms with Crippen LogP contribution in [0.1, 0.15) is 122 Å². The molecule has 5 amide bonds. The molecule has 0 radical (unpaired) electrons. The Labute approximate surface area is 362 Å². The maximum Gasteiger partial charge on any atom is 0.410 e. The molecule has 4 aliphatic rings. The van der Waals surface area contributed by atoms with E-state index in [9.17, 15) is 37.1 Å². The predicted octanol–water partition coefficient (Wildman–Crippen LogP) is 9.25. The number of ether oxygens (including phenoxy) is 3. The number of imide groups is 1. The summed E-state index contributed by atoms with van der Waals surface area (Å²) in [5.41, 5.74) is 0.401. The fraction of sp³-hybridized carbons (Fsp3) is 0.614.